The Hall–Kier alpha value is -2.34. The van der Waals surface area contributed by atoms with Crippen LogP contribution >= 0.6 is 0 Å². The summed E-state index contributed by atoms with van der Waals surface area (Å²) in [6.07, 6.45) is 5.88. The summed E-state index contributed by atoms with van der Waals surface area (Å²) >= 11 is 0. The van der Waals surface area contributed by atoms with Crippen molar-refractivity contribution in [3.63, 3.8) is 0 Å². The summed E-state index contributed by atoms with van der Waals surface area (Å²) in [5, 5.41) is 8.84. The van der Waals surface area contributed by atoms with Gasteiger partial charge in [0, 0.05) is 12.0 Å². The van der Waals surface area contributed by atoms with Gasteiger partial charge in [-0.1, -0.05) is 31.4 Å². The molecule has 0 atom stereocenters. The molecule has 1 heterocycles. The first-order valence-corrected chi connectivity index (χ1v) is 7.42. The quantitative estimate of drug-likeness (QED) is 0.826. The smallest absolute Gasteiger partial charge is 0.336 e. The minimum Gasteiger partial charge on any atom is -0.428 e. The van der Waals surface area contributed by atoms with E-state index in [0.29, 0.717) is 11.5 Å². The van der Waals surface area contributed by atoms with Crippen molar-refractivity contribution in [2.75, 3.05) is 0 Å². The molecule has 106 valence electrons. The summed E-state index contributed by atoms with van der Waals surface area (Å²) in [6.45, 7) is 0. The van der Waals surface area contributed by atoms with Crippen LogP contribution in [0.4, 0.5) is 0 Å². The van der Waals surface area contributed by atoms with Crippen LogP contribution in [-0.2, 0) is 0 Å². The molecule has 0 bridgehead atoms. The second-order valence-electron chi connectivity index (χ2n) is 5.59. The molecule has 1 aromatic carbocycles. The highest BCUT2D eigenvalue weighted by molar-refractivity contribution is 5.64. The van der Waals surface area contributed by atoms with Gasteiger partial charge in [0.05, 0.1) is 11.6 Å². The van der Waals surface area contributed by atoms with Crippen LogP contribution in [-0.4, -0.2) is 0 Å². The third kappa shape index (κ3) is 3.05. The van der Waals surface area contributed by atoms with E-state index in [4.69, 9.17) is 9.68 Å². The first kappa shape index (κ1) is 13.6. The topological polar surface area (TPSA) is 54.0 Å². The Morgan fingerprint density at radius 3 is 2.38 bits per heavy atom. The van der Waals surface area contributed by atoms with E-state index in [0.717, 1.165) is 29.7 Å². The van der Waals surface area contributed by atoms with Gasteiger partial charge in [0.15, 0.2) is 0 Å². The molecule has 0 amide bonds. The second-order valence-corrected chi connectivity index (χ2v) is 5.59. The van der Waals surface area contributed by atoms with Crippen LogP contribution in [0.5, 0.6) is 0 Å². The maximum Gasteiger partial charge on any atom is 0.336 e. The lowest BCUT2D eigenvalue weighted by molar-refractivity contribution is 0.355. The molecule has 1 aromatic heterocycles. The number of benzene rings is 1. The molecular weight excluding hydrogens is 262 g/mol. The summed E-state index contributed by atoms with van der Waals surface area (Å²) in [6, 6.07) is 12.9. The van der Waals surface area contributed by atoms with E-state index in [1.54, 1.807) is 12.1 Å². The molecule has 21 heavy (non-hydrogen) atoms. The number of hydrogen-bond donors (Lipinski definition) is 0. The average molecular weight is 279 g/mol. The average Bonchev–Trinajstić information content (AvgIpc) is 2.55. The van der Waals surface area contributed by atoms with Gasteiger partial charge in [-0.05, 0) is 42.2 Å². The number of rotatable bonds is 2. The van der Waals surface area contributed by atoms with Crippen LogP contribution in [0.15, 0.2) is 45.6 Å². The van der Waals surface area contributed by atoms with Gasteiger partial charge in [0.25, 0.3) is 0 Å². The Balaban J connectivity index is 1.96. The van der Waals surface area contributed by atoms with Crippen molar-refractivity contribution >= 4 is 0 Å². The predicted molar refractivity (Wildman–Crippen MR) is 81.0 cm³/mol. The zero-order valence-electron chi connectivity index (χ0n) is 11.8. The largest absolute Gasteiger partial charge is 0.428 e. The lowest BCUT2D eigenvalue weighted by Crippen LogP contribution is -2.08. The maximum atomic E-state index is 11.8. The fourth-order valence-electron chi connectivity index (χ4n) is 2.99. The van der Waals surface area contributed by atoms with E-state index >= 15 is 0 Å². The predicted octanol–water partition coefficient (Wildman–Crippen LogP) is 4.23. The lowest BCUT2D eigenvalue weighted by atomic mass is 9.87. The zero-order valence-corrected chi connectivity index (χ0v) is 11.8. The second kappa shape index (κ2) is 5.97. The minimum absolute atomic E-state index is 0.294. The van der Waals surface area contributed by atoms with Gasteiger partial charge < -0.3 is 4.42 Å². The molecule has 1 aliphatic rings. The third-order valence-electron chi connectivity index (χ3n) is 4.14. The molecule has 1 fully saturated rings. The van der Waals surface area contributed by atoms with Crippen LogP contribution in [0, 0.1) is 11.3 Å². The fraction of sp³-hybridized carbons (Fsp3) is 0.333. The van der Waals surface area contributed by atoms with Gasteiger partial charge >= 0.3 is 5.63 Å². The van der Waals surface area contributed by atoms with Crippen LogP contribution in [0.25, 0.3) is 11.1 Å². The highest BCUT2D eigenvalue weighted by Crippen LogP contribution is 2.33. The van der Waals surface area contributed by atoms with E-state index in [-0.39, 0.29) is 5.63 Å². The van der Waals surface area contributed by atoms with Crippen molar-refractivity contribution in [2.45, 2.75) is 38.0 Å². The van der Waals surface area contributed by atoms with E-state index in [9.17, 15) is 4.79 Å². The Morgan fingerprint density at radius 2 is 1.71 bits per heavy atom. The van der Waals surface area contributed by atoms with Crippen LogP contribution < -0.4 is 5.63 Å². The van der Waals surface area contributed by atoms with Gasteiger partial charge in [-0.2, -0.15) is 5.26 Å². The molecule has 0 N–H and O–H groups in total. The molecule has 3 nitrogen and oxygen atoms in total. The highest BCUT2D eigenvalue weighted by atomic mass is 16.4. The summed E-state index contributed by atoms with van der Waals surface area (Å²) in [4.78, 5) is 11.8. The monoisotopic (exact) mass is 279 g/mol. The molecule has 1 saturated carbocycles. The standard InChI is InChI=1S/C18H17NO2/c19-12-13-6-8-14(9-7-13)16-10-17(21-18(20)11-16)15-4-2-1-3-5-15/h6-11,15H,1-5H2. The van der Waals surface area contributed by atoms with Gasteiger partial charge in [0.1, 0.15) is 5.76 Å². The summed E-state index contributed by atoms with van der Waals surface area (Å²) in [7, 11) is 0. The van der Waals surface area contributed by atoms with Gasteiger partial charge in [-0.15, -0.1) is 0 Å². The number of nitrogens with zero attached hydrogens (tertiary/aromatic N) is 1. The van der Waals surface area contributed by atoms with Crippen molar-refractivity contribution in [3.05, 3.63) is 58.1 Å². The van der Waals surface area contributed by atoms with E-state index in [1.807, 2.05) is 18.2 Å². The third-order valence-corrected chi connectivity index (χ3v) is 4.14. The molecule has 1 aliphatic carbocycles. The van der Waals surface area contributed by atoms with Crippen molar-refractivity contribution < 1.29 is 4.42 Å². The molecule has 0 saturated heterocycles. The van der Waals surface area contributed by atoms with Crippen LogP contribution in [0.2, 0.25) is 0 Å². The van der Waals surface area contributed by atoms with E-state index in [1.165, 1.54) is 25.3 Å². The van der Waals surface area contributed by atoms with Gasteiger partial charge in [-0.3, -0.25) is 0 Å². The molecule has 0 unspecified atom stereocenters. The van der Waals surface area contributed by atoms with Crippen molar-refractivity contribution in [1.29, 1.82) is 5.26 Å². The first-order valence-electron chi connectivity index (χ1n) is 7.42. The van der Waals surface area contributed by atoms with E-state index in [2.05, 4.69) is 6.07 Å². The normalized spacial score (nSPS) is 15.6. The molecule has 2 aromatic rings. The SMILES string of the molecule is N#Cc1ccc(-c2cc(C3CCCCC3)oc(=O)c2)cc1. The summed E-state index contributed by atoms with van der Waals surface area (Å²) in [5.41, 5.74) is 2.14. The molecular formula is C18H17NO2. The molecule has 0 aliphatic heterocycles. The maximum absolute atomic E-state index is 11.8. The molecule has 0 radical (unpaired) electrons. The molecule has 3 rings (SSSR count). The van der Waals surface area contributed by atoms with Gasteiger partial charge in [0.2, 0.25) is 0 Å². The summed E-state index contributed by atoms with van der Waals surface area (Å²) < 4.78 is 5.42. The minimum atomic E-state index is -0.294. The highest BCUT2D eigenvalue weighted by Gasteiger charge is 2.19. The Bertz CT molecular complexity index is 716. The van der Waals surface area contributed by atoms with Crippen molar-refractivity contribution in [2.24, 2.45) is 0 Å². The van der Waals surface area contributed by atoms with Gasteiger partial charge in [-0.25, -0.2) is 4.79 Å². The van der Waals surface area contributed by atoms with Crippen molar-refractivity contribution in [3.8, 4) is 17.2 Å². The zero-order chi connectivity index (χ0) is 14.7. The number of nitriles is 1. The fourth-order valence-corrected chi connectivity index (χ4v) is 2.99. The first-order chi connectivity index (χ1) is 10.3. The van der Waals surface area contributed by atoms with E-state index < -0.39 is 0 Å². The number of hydrogen-bond acceptors (Lipinski definition) is 3. The Morgan fingerprint density at radius 1 is 1.00 bits per heavy atom. The lowest BCUT2D eigenvalue weighted by Gasteiger charge is -2.20. The summed E-state index contributed by atoms with van der Waals surface area (Å²) in [5.74, 6) is 1.17. The van der Waals surface area contributed by atoms with Crippen LogP contribution in [0.1, 0.15) is 49.3 Å². The van der Waals surface area contributed by atoms with Crippen LogP contribution in [0.3, 0.4) is 0 Å². The van der Waals surface area contributed by atoms with Crippen molar-refractivity contribution in [1.82, 2.24) is 0 Å². The Labute approximate surface area is 123 Å². The molecule has 3 heteroatoms. The Kier molecular flexibility index (Phi) is 3.87. The molecule has 0 spiro atoms.